The van der Waals surface area contributed by atoms with Crippen LogP contribution in [-0.4, -0.2) is 0 Å². The molecular weight excluding hydrogens is 842 g/mol. The summed E-state index contributed by atoms with van der Waals surface area (Å²) >= 11 is 0. The fourth-order valence-corrected chi connectivity index (χ4v) is 6.61. The molecule has 0 saturated carbocycles. The lowest BCUT2D eigenvalue weighted by molar-refractivity contribution is -0.672. The lowest BCUT2D eigenvalue weighted by atomic mass is 10.1. The zero-order valence-electron chi connectivity index (χ0n) is 28.8. The van der Waals surface area contributed by atoms with E-state index in [1.165, 1.54) is 84.3 Å². The molecule has 6 rings (SSSR count). The third-order valence-corrected chi connectivity index (χ3v) is 9.28. The van der Waals surface area contributed by atoms with Gasteiger partial charge in [-0.15, -0.1) is 0 Å². The normalized spacial score (nSPS) is 10.8. The summed E-state index contributed by atoms with van der Waals surface area (Å²) in [6.07, 6.45) is 14.4. The third-order valence-electron chi connectivity index (χ3n) is 9.28. The van der Waals surface area contributed by atoms with Crippen LogP contribution in [-0.2, 0) is 26.2 Å². The molecular formula is C42H50I2N6. The average molecular weight is 893 g/mol. The maximum absolute atomic E-state index is 6.21. The van der Waals surface area contributed by atoms with Crippen molar-refractivity contribution in [2.45, 2.75) is 77.5 Å². The first-order valence-corrected chi connectivity index (χ1v) is 17.6. The van der Waals surface area contributed by atoms with E-state index < -0.39 is 0 Å². The fourth-order valence-electron chi connectivity index (χ4n) is 6.61. The molecule has 50 heavy (non-hydrogen) atoms. The Hall–Kier alpha value is -3.64. The van der Waals surface area contributed by atoms with Gasteiger partial charge >= 0.3 is 0 Å². The molecule has 2 heterocycles. The number of halogens is 2. The van der Waals surface area contributed by atoms with Crippen LogP contribution in [0.5, 0.6) is 0 Å². The van der Waals surface area contributed by atoms with E-state index in [2.05, 4.69) is 129 Å². The first-order chi connectivity index (χ1) is 23.6. The molecule has 0 amide bonds. The summed E-state index contributed by atoms with van der Waals surface area (Å²) in [5.74, 6) is 0. The van der Waals surface area contributed by atoms with E-state index in [0.29, 0.717) is 0 Å². The molecule has 6 N–H and O–H groups in total. The number of anilines is 4. The van der Waals surface area contributed by atoms with Crippen LogP contribution in [0.2, 0.25) is 0 Å². The highest BCUT2D eigenvalue weighted by Gasteiger charge is 2.15. The molecule has 0 fully saturated rings. The largest absolute Gasteiger partial charge is 1.00 e. The molecule has 0 aliphatic heterocycles. The van der Waals surface area contributed by atoms with Crippen LogP contribution >= 0.6 is 0 Å². The van der Waals surface area contributed by atoms with Crippen molar-refractivity contribution in [3.05, 3.63) is 133 Å². The first-order valence-electron chi connectivity index (χ1n) is 17.6. The van der Waals surface area contributed by atoms with Gasteiger partial charge < -0.3 is 70.1 Å². The number of nitrogens with one attached hydrogen (secondary N) is 2. The fraction of sp³-hybridized carbons (Fsp3) is 0.286. The number of rotatable bonds is 17. The standard InChI is InChI=1S/C42H48N6.2HI/c43-35-19-21-37-39(45-31-33-15-9-7-10-16-33)23-27-47(41(37)29-35)25-13-5-3-1-2-4-6-14-26-48-28-24-40(38-22-20-36(44)30-42(38)48)46-32-34-17-11-8-12-18-34;;/h7-12,15-24,27-30H,1-6,13-14,25-26,31-32H2,(H4,43,44,45,46);2*1H. The van der Waals surface area contributed by atoms with Gasteiger partial charge in [0.1, 0.15) is 13.1 Å². The number of aryl methyl sites for hydroxylation is 2. The maximum Gasteiger partial charge on any atom is 0.216 e. The van der Waals surface area contributed by atoms with Crippen molar-refractivity contribution in [3.8, 4) is 0 Å². The zero-order chi connectivity index (χ0) is 33.0. The number of pyridine rings is 2. The summed E-state index contributed by atoms with van der Waals surface area (Å²) in [6.45, 7) is 3.62. The van der Waals surface area contributed by atoms with Crippen molar-refractivity contribution in [2.75, 3.05) is 22.1 Å². The van der Waals surface area contributed by atoms with E-state index in [1.54, 1.807) is 0 Å². The minimum atomic E-state index is 0. The Labute approximate surface area is 331 Å². The van der Waals surface area contributed by atoms with Gasteiger partial charge in [-0.3, -0.25) is 0 Å². The van der Waals surface area contributed by atoms with Gasteiger partial charge in [0.15, 0.2) is 12.4 Å². The van der Waals surface area contributed by atoms with Crippen molar-refractivity contribution < 1.29 is 57.1 Å². The molecule has 6 nitrogen and oxygen atoms in total. The molecule has 6 aromatic rings. The smallest absolute Gasteiger partial charge is 0.216 e. The molecule has 0 atom stereocenters. The van der Waals surface area contributed by atoms with Crippen molar-refractivity contribution >= 4 is 44.6 Å². The van der Waals surface area contributed by atoms with Crippen LogP contribution < -0.4 is 79.2 Å². The number of nitrogens with two attached hydrogens (primary N) is 2. The Balaban J connectivity index is 0.00000281. The second kappa shape index (κ2) is 20.3. The number of benzene rings is 4. The molecule has 0 radical (unpaired) electrons. The van der Waals surface area contributed by atoms with Crippen molar-refractivity contribution in [2.24, 2.45) is 0 Å². The minimum absolute atomic E-state index is 0. The molecule has 0 aliphatic carbocycles. The van der Waals surface area contributed by atoms with Crippen LogP contribution in [0, 0.1) is 0 Å². The topological polar surface area (TPSA) is 83.9 Å². The predicted octanol–water partition coefficient (Wildman–Crippen LogP) is 2.79. The Kier molecular flexibility index (Phi) is 15.9. The maximum atomic E-state index is 6.21. The van der Waals surface area contributed by atoms with Gasteiger partial charge in [0.2, 0.25) is 11.0 Å². The summed E-state index contributed by atoms with van der Waals surface area (Å²) in [5, 5.41) is 9.68. The summed E-state index contributed by atoms with van der Waals surface area (Å²) in [4.78, 5) is 0. The second-order valence-electron chi connectivity index (χ2n) is 12.9. The molecule has 0 aliphatic rings. The number of hydrogen-bond donors (Lipinski definition) is 4. The minimum Gasteiger partial charge on any atom is -1.00 e. The summed E-state index contributed by atoms with van der Waals surface area (Å²) in [5.41, 5.74) is 21.3. The van der Waals surface area contributed by atoms with Gasteiger partial charge in [-0.1, -0.05) is 86.3 Å². The first kappa shape index (κ1) is 39.2. The van der Waals surface area contributed by atoms with Crippen LogP contribution in [0.4, 0.5) is 22.7 Å². The molecule has 2 aromatic heterocycles. The van der Waals surface area contributed by atoms with Crippen molar-refractivity contribution in [3.63, 3.8) is 0 Å². The van der Waals surface area contributed by atoms with E-state index in [4.69, 9.17) is 11.5 Å². The molecule has 4 aromatic carbocycles. The van der Waals surface area contributed by atoms with E-state index in [-0.39, 0.29) is 48.0 Å². The van der Waals surface area contributed by atoms with E-state index in [1.807, 2.05) is 12.1 Å². The number of aromatic nitrogens is 2. The molecule has 0 spiro atoms. The highest BCUT2D eigenvalue weighted by Crippen LogP contribution is 2.25. The lowest BCUT2D eigenvalue weighted by Gasteiger charge is -2.11. The highest BCUT2D eigenvalue weighted by molar-refractivity contribution is 5.91. The second-order valence-corrected chi connectivity index (χ2v) is 12.9. The number of nitrogen functional groups attached to an aromatic ring is 2. The van der Waals surface area contributed by atoms with Gasteiger partial charge in [0.05, 0.1) is 22.1 Å². The summed E-state index contributed by atoms with van der Waals surface area (Å²) < 4.78 is 4.72. The molecule has 8 heteroatoms. The lowest BCUT2D eigenvalue weighted by Crippen LogP contribution is -3.00. The highest BCUT2D eigenvalue weighted by atomic mass is 127. The van der Waals surface area contributed by atoms with Gasteiger partial charge in [-0.2, -0.15) is 9.13 Å². The summed E-state index contributed by atoms with van der Waals surface area (Å²) in [7, 11) is 0. The third kappa shape index (κ3) is 10.9. The van der Waals surface area contributed by atoms with Crippen LogP contribution in [0.25, 0.3) is 21.8 Å². The number of fused-ring (bicyclic) bond motifs is 2. The quantitative estimate of drug-likeness (QED) is 0.0492. The van der Waals surface area contributed by atoms with E-state index in [0.717, 1.165) is 48.9 Å². The number of hydrogen-bond acceptors (Lipinski definition) is 4. The van der Waals surface area contributed by atoms with E-state index in [9.17, 15) is 0 Å². The van der Waals surface area contributed by atoms with Gasteiger partial charge in [-0.25, -0.2) is 0 Å². The summed E-state index contributed by atoms with van der Waals surface area (Å²) in [6, 6.07) is 38.0. The van der Waals surface area contributed by atoms with Crippen molar-refractivity contribution in [1.82, 2.24) is 0 Å². The van der Waals surface area contributed by atoms with Crippen LogP contribution in [0.15, 0.2) is 122 Å². The number of unbranched alkanes of at least 4 members (excludes halogenated alkanes) is 7. The molecule has 262 valence electrons. The zero-order valence-corrected chi connectivity index (χ0v) is 33.2. The van der Waals surface area contributed by atoms with Gasteiger partial charge in [0.25, 0.3) is 0 Å². The molecule has 0 bridgehead atoms. The van der Waals surface area contributed by atoms with Crippen LogP contribution in [0.1, 0.15) is 62.5 Å². The van der Waals surface area contributed by atoms with Gasteiger partial charge in [0, 0.05) is 61.6 Å². The molecule has 0 unspecified atom stereocenters. The molecule has 0 saturated heterocycles. The Morgan fingerprint density at radius 1 is 0.440 bits per heavy atom. The Morgan fingerprint density at radius 3 is 1.22 bits per heavy atom. The van der Waals surface area contributed by atoms with Crippen LogP contribution in [0.3, 0.4) is 0 Å². The predicted molar refractivity (Wildman–Crippen MR) is 202 cm³/mol. The SMILES string of the molecule is Nc1ccc2c(NCc3ccccc3)cc[n+](CCCCCCCCCC[n+]3ccc(NCc4ccccc4)c4ccc(N)cc43)c2c1.[I-].[I-]. The van der Waals surface area contributed by atoms with Gasteiger partial charge in [-0.05, 0) is 48.2 Å². The Morgan fingerprint density at radius 2 is 0.820 bits per heavy atom. The van der Waals surface area contributed by atoms with Crippen molar-refractivity contribution in [1.29, 1.82) is 0 Å². The monoisotopic (exact) mass is 892 g/mol. The Bertz CT molecular complexity index is 1780. The average Bonchev–Trinajstić information content (AvgIpc) is 3.12. The number of nitrogens with zero attached hydrogens (tertiary/aromatic N) is 2. The van der Waals surface area contributed by atoms with E-state index >= 15 is 0 Å².